The number of rotatable bonds is 12. The van der Waals surface area contributed by atoms with E-state index in [4.69, 9.17) is 44.3 Å². The van der Waals surface area contributed by atoms with Crippen LogP contribution in [0.3, 0.4) is 0 Å². The first kappa shape index (κ1) is 30.2. The Bertz CT molecular complexity index is 1410. The third-order valence-corrected chi connectivity index (χ3v) is 8.92. The highest BCUT2D eigenvalue weighted by molar-refractivity contribution is 7.98. The smallest absolute Gasteiger partial charge is 0.264 e. The van der Waals surface area contributed by atoms with Crippen molar-refractivity contribution in [2.75, 3.05) is 37.4 Å². The summed E-state index contributed by atoms with van der Waals surface area (Å²) in [6.07, 6.45) is 0. The number of carbonyl (C=O) groups is 1. The van der Waals surface area contributed by atoms with Crippen molar-refractivity contribution in [2.24, 2.45) is 0 Å². The summed E-state index contributed by atoms with van der Waals surface area (Å²) in [6.45, 7) is -0.282. The predicted octanol–water partition coefficient (Wildman–Crippen LogP) is 6.05. The van der Waals surface area contributed by atoms with Gasteiger partial charge in [0.25, 0.3) is 10.0 Å². The van der Waals surface area contributed by atoms with Crippen LogP contribution >= 0.6 is 46.6 Å². The van der Waals surface area contributed by atoms with Crippen LogP contribution in [0.4, 0.5) is 10.1 Å². The van der Waals surface area contributed by atoms with E-state index in [1.165, 1.54) is 50.2 Å². The van der Waals surface area contributed by atoms with Gasteiger partial charge in [-0.1, -0.05) is 40.9 Å². The minimum Gasteiger partial charge on any atom is -0.493 e. The zero-order chi connectivity index (χ0) is 27.9. The summed E-state index contributed by atoms with van der Waals surface area (Å²) in [6, 6.07) is 12.7. The first-order valence-corrected chi connectivity index (χ1v) is 14.8. The number of nitrogens with one attached hydrogen (secondary N) is 1. The summed E-state index contributed by atoms with van der Waals surface area (Å²) < 4.78 is 52.3. The van der Waals surface area contributed by atoms with Gasteiger partial charge in [0, 0.05) is 34.2 Å². The van der Waals surface area contributed by atoms with Gasteiger partial charge in [0.15, 0.2) is 11.5 Å². The van der Waals surface area contributed by atoms with Crippen LogP contribution in [0.5, 0.6) is 11.5 Å². The highest BCUT2D eigenvalue weighted by Crippen LogP contribution is 2.33. The molecule has 0 saturated heterocycles. The maximum absolute atomic E-state index is 13.8. The summed E-state index contributed by atoms with van der Waals surface area (Å²) in [5.41, 5.74) is 0.931. The minimum absolute atomic E-state index is 0.0214. The standard InChI is InChI=1S/C25H24Cl3FN2O5S2/c1-35-23-8-6-19(13-24(23)36-2)38(33,34)31(18-5-7-22(29)21(28)12-18)14-25(32)30-9-10-37-15-16-3-4-17(26)11-20(16)27/h3-8,11-13H,9-10,14-15H2,1-2H3,(H,30,32). The number of methoxy groups -OCH3 is 2. The molecule has 1 N–H and O–H groups in total. The average molecular weight is 622 g/mol. The van der Waals surface area contributed by atoms with Crippen molar-refractivity contribution in [3.8, 4) is 11.5 Å². The van der Waals surface area contributed by atoms with E-state index in [0.717, 1.165) is 22.0 Å². The third kappa shape index (κ3) is 7.60. The van der Waals surface area contributed by atoms with Gasteiger partial charge >= 0.3 is 0 Å². The lowest BCUT2D eigenvalue weighted by Crippen LogP contribution is -2.41. The largest absolute Gasteiger partial charge is 0.493 e. The van der Waals surface area contributed by atoms with Gasteiger partial charge in [-0.05, 0) is 48.0 Å². The molecule has 3 rings (SSSR count). The molecule has 13 heteroatoms. The third-order valence-electron chi connectivity index (χ3n) is 5.26. The summed E-state index contributed by atoms with van der Waals surface area (Å²) in [7, 11) is -1.50. The summed E-state index contributed by atoms with van der Waals surface area (Å²) in [5, 5.41) is 3.53. The van der Waals surface area contributed by atoms with Gasteiger partial charge in [-0.15, -0.1) is 0 Å². The maximum atomic E-state index is 13.8. The molecule has 0 bridgehead atoms. The zero-order valence-electron chi connectivity index (χ0n) is 20.3. The number of hydrogen-bond acceptors (Lipinski definition) is 6. The fourth-order valence-corrected chi connectivity index (χ4v) is 6.35. The molecule has 1 amide bonds. The van der Waals surface area contributed by atoms with Crippen molar-refractivity contribution >= 4 is 68.2 Å². The van der Waals surface area contributed by atoms with E-state index >= 15 is 0 Å². The van der Waals surface area contributed by atoms with Gasteiger partial charge in [-0.3, -0.25) is 9.10 Å². The van der Waals surface area contributed by atoms with Gasteiger partial charge in [0.2, 0.25) is 5.91 Å². The number of thioether (sulfide) groups is 1. The fourth-order valence-electron chi connectivity index (χ4n) is 3.33. The Morgan fingerprint density at radius 3 is 2.37 bits per heavy atom. The van der Waals surface area contributed by atoms with Crippen LogP contribution < -0.4 is 19.1 Å². The number of sulfonamides is 1. The van der Waals surface area contributed by atoms with E-state index in [-0.39, 0.29) is 27.9 Å². The number of nitrogens with zero attached hydrogens (tertiary/aromatic N) is 1. The molecule has 3 aromatic carbocycles. The maximum Gasteiger partial charge on any atom is 0.264 e. The molecular weight excluding hydrogens is 598 g/mol. The van der Waals surface area contributed by atoms with E-state index in [0.29, 0.717) is 27.3 Å². The quantitative estimate of drug-likeness (QED) is 0.248. The Morgan fingerprint density at radius 1 is 0.974 bits per heavy atom. The van der Waals surface area contributed by atoms with Crippen LogP contribution in [-0.4, -0.2) is 47.4 Å². The number of halogens is 4. The molecule has 0 spiro atoms. The normalized spacial score (nSPS) is 11.2. The molecule has 204 valence electrons. The molecule has 0 atom stereocenters. The molecule has 0 fully saturated rings. The summed E-state index contributed by atoms with van der Waals surface area (Å²) in [4.78, 5) is 12.6. The molecular formula is C25H24Cl3FN2O5S2. The van der Waals surface area contributed by atoms with Crippen LogP contribution in [0, 0.1) is 5.82 Å². The van der Waals surface area contributed by atoms with Crippen LogP contribution in [0.25, 0.3) is 0 Å². The van der Waals surface area contributed by atoms with Gasteiger partial charge < -0.3 is 14.8 Å². The molecule has 0 unspecified atom stereocenters. The second kappa shape index (κ2) is 13.6. The molecule has 0 radical (unpaired) electrons. The van der Waals surface area contributed by atoms with E-state index in [9.17, 15) is 17.6 Å². The fraction of sp³-hybridized carbons (Fsp3) is 0.240. The van der Waals surface area contributed by atoms with Crippen molar-refractivity contribution in [1.82, 2.24) is 5.32 Å². The summed E-state index contributed by atoms with van der Waals surface area (Å²) in [5.74, 6) is 0.404. The Labute approximate surface area is 240 Å². The zero-order valence-corrected chi connectivity index (χ0v) is 24.2. The van der Waals surface area contributed by atoms with Crippen LogP contribution in [-0.2, 0) is 20.6 Å². The highest BCUT2D eigenvalue weighted by atomic mass is 35.5. The topological polar surface area (TPSA) is 84.9 Å². The van der Waals surface area contributed by atoms with Gasteiger partial charge in [-0.25, -0.2) is 12.8 Å². The van der Waals surface area contributed by atoms with Crippen molar-refractivity contribution in [2.45, 2.75) is 10.6 Å². The van der Waals surface area contributed by atoms with Crippen molar-refractivity contribution < 1.29 is 27.1 Å². The van der Waals surface area contributed by atoms with Gasteiger partial charge in [0.1, 0.15) is 12.4 Å². The van der Waals surface area contributed by atoms with E-state index in [1.807, 2.05) is 6.07 Å². The van der Waals surface area contributed by atoms with Crippen molar-refractivity contribution in [1.29, 1.82) is 0 Å². The molecule has 0 aliphatic heterocycles. The second-order valence-corrected chi connectivity index (χ2v) is 12.0. The Kier molecular flexibility index (Phi) is 10.8. The van der Waals surface area contributed by atoms with E-state index in [1.54, 1.807) is 12.1 Å². The van der Waals surface area contributed by atoms with Gasteiger partial charge in [0.05, 0.1) is 29.8 Å². The molecule has 0 heterocycles. The predicted molar refractivity (Wildman–Crippen MR) is 151 cm³/mol. The van der Waals surface area contributed by atoms with E-state index in [2.05, 4.69) is 5.32 Å². The SMILES string of the molecule is COc1ccc(S(=O)(=O)N(CC(=O)NCCSCc2ccc(Cl)cc2Cl)c2ccc(F)c(Cl)c2)cc1OC. The van der Waals surface area contributed by atoms with Crippen LogP contribution in [0.1, 0.15) is 5.56 Å². The molecule has 38 heavy (non-hydrogen) atoms. The van der Waals surface area contributed by atoms with Crippen LogP contribution in [0.15, 0.2) is 59.5 Å². The molecule has 0 aromatic heterocycles. The average Bonchev–Trinajstić information content (AvgIpc) is 2.89. The lowest BCUT2D eigenvalue weighted by molar-refractivity contribution is -0.119. The molecule has 0 aliphatic rings. The minimum atomic E-state index is -4.29. The number of carbonyl (C=O) groups excluding carboxylic acids is 1. The number of benzene rings is 3. The second-order valence-electron chi connectivity index (χ2n) is 7.77. The molecule has 3 aromatic rings. The monoisotopic (exact) mass is 620 g/mol. The number of hydrogen-bond donors (Lipinski definition) is 1. The lowest BCUT2D eigenvalue weighted by atomic mass is 10.2. The number of ether oxygens (including phenoxy) is 2. The van der Waals surface area contributed by atoms with Crippen LogP contribution in [0.2, 0.25) is 15.1 Å². The Hall–Kier alpha value is -2.37. The Morgan fingerprint density at radius 2 is 1.71 bits per heavy atom. The molecule has 0 aliphatic carbocycles. The van der Waals surface area contributed by atoms with Gasteiger partial charge in [-0.2, -0.15) is 11.8 Å². The van der Waals surface area contributed by atoms with Crippen molar-refractivity contribution in [3.05, 3.63) is 81.0 Å². The summed E-state index contributed by atoms with van der Waals surface area (Å²) >= 11 is 19.5. The van der Waals surface area contributed by atoms with E-state index < -0.39 is 28.3 Å². The number of amides is 1. The first-order chi connectivity index (χ1) is 18.1. The lowest BCUT2D eigenvalue weighted by Gasteiger charge is -2.24. The first-order valence-electron chi connectivity index (χ1n) is 11.0. The molecule has 0 saturated carbocycles. The Balaban J connectivity index is 1.74. The number of anilines is 1. The molecule has 7 nitrogen and oxygen atoms in total. The van der Waals surface area contributed by atoms with Crippen molar-refractivity contribution in [3.63, 3.8) is 0 Å². The highest BCUT2D eigenvalue weighted by Gasteiger charge is 2.29.